The average Bonchev–Trinajstić information content (AvgIpc) is 3.21. The number of aliphatic hydroxyl groups excluding tert-OH is 2. The number of unbranched alkanes of at least 4 members (excludes halogenated alkanes) is 1. The molecule has 0 bridgehead atoms. The first-order valence-corrected chi connectivity index (χ1v) is 10.6. The van der Waals surface area contributed by atoms with Crippen LogP contribution in [0.5, 0.6) is 0 Å². The number of hydrogen-bond acceptors (Lipinski definition) is 12. The molecule has 16 heteroatoms. The lowest BCUT2D eigenvalue weighted by Crippen LogP contribution is -2.38. The summed E-state index contributed by atoms with van der Waals surface area (Å²) in [6, 6.07) is 0. The molecule has 176 valence electrons. The van der Waals surface area contributed by atoms with Gasteiger partial charge in [-0.25, -0.2) is 20.8 Å². The molecule has 2 unspecified atom stereocenters. The zero-order valence-corrected chi connectivity index (χ0v) is 17.5. The number of nitrogens with two attached hydrogens (primary N) is 2. The van der Waals surface area contributed by atoms with E-state index >= 15 is 0 Å². The first-order chi connectivity index (χ1) is 14.5. The van der Waals surface area contributed by atoms with E-state index in [4.69, 9.17) is 33.9 Å². The molecular formula is C15H27N7O8S. The molecule has 4 atom stereocenters. The summed E-state index contributed by atoms with van der Waals surface area (Å²) >= 11 is 0. The number of hydrogen-bond donors (Lipinski definition) is 6. The van der Waals surface area contributed by atoms with Crippen molar-refractivity contribution in [3.8, 4) is 0 Å². The molecule has 0 aliphatic carbocycles. The van der Waals surface area contributed by atoms with E-state index in [1.54, 1.807) is 4.57 Å². The minimum absolute atomic E-state index is 0.250. The molecule has 1 saturated heterocycles. The number of fused-ring (bicyclic) bond motifs is 1. The van der Waals surface area contributed by atoms with Crippen LogP contribution < -0.4 is 11.6 Å². The van der Waals surface area contributed by atoms with Crippen LogP contribution in [0, 0.1) is 0 Å². The number of aromatic nitrogens is 4. The van der Waals surface area contributed by atoms with Crippen LogP contribution in [0.4, 0.5) is 5.82 Å². The summed E-state index contributed by atoms with van der Waals surface area (Å²) in [4.78, 5) is 18.8. The summed E-state index contributed by atoms with van der Waals surface area (Å²) in [5.74, 6) is 5.25. The maximum atomic E-state index is 10.4. The maximum Gasteiger partial charge on any atom is 0.394 e. The quantitative estimate of drug-likeness (QED) is 0.140. The molecule has 31 heavy (non-hydrogen) atoms. The first-order valence-electron chi connectivity index (χ1n) is 9.17. The monoisotopic (exact) mass is 465 g/mol. The van der Waals surface area contributed by atoms with E-state index < -0.39 is 34.9 Å². The fraction of sp³-hybridized carbons (Fsp3) is 0.667. The number of anilines is 1. The van der Waals surface area contributed by atoms with Gasteiger partial charge in [-0.1, -0.05) is 0 Å². The second-order valence-corrected chi connectivity index (χ2v) is 7.81. The van der Waals surface area contributed by atoms with E-state index in [2.05, 4.69) is 19.8 Å². The zero-order chi connectivity index (χ0) is 23.2. The van der Waals surface area contributed by atoms with E-state index in [0.717, 1.165) is 19.4 Å². The standard InChI is InChI=1S/C15H25N7O4.H2O4S/c1-21(4-2-3-5-25-17)6-9-11(23)12(24)15(26-9)22-8-20-10-13(16)18-7-19-14(10)22;1-5(2,3)4/h7-9,11-12,15,23-24H,2-6,17H2,1H3,(H2,16,18,19);(H2,1,2,3,4)/t9-,11?,12?,15-;/m1./s1. The van der Waals surface area contributed by atoms with Gasteiger partial charge in [0, 0.05) is 6.54 Å². The minimum Gasteiger partial charge on any atom is -0.387 e. The lowest BCUT2D eigenvalue weighted by atomic mass is 10.1. The topological polar surface area (TPSA) is 232 Å². The Morgan fingerprint density at radius 2 is 1.90 bits per heavy atom. The Morgan fingerprint density at radius 3 is 2.55 bits per heavy atom. The molecule has 1 aliphatic rings. The summed E-state index contributed by atoms with van der Waals surface area (Å²) in [5, 5.41) is 20.8. The summed E-state index contributed by atoms with van der Waals surface area (Å²) in [6.07, 6.45) is 1.10. The van der Waals surface area contributed by atoms with Crippen molar-refractivity contribution < 1.29 is 37.3 Å². The van der Waals surface area contributed by atoms with Crippen molar-refractivity contribution in [3.63, 3.8) is 0 Å². The van der Waals surface area contributed by atoms with E-state index in [-0.39, 0.29) is 5.82 Å². The fourth-order valence-electron chi connectivity index (χ4n) is 3.13. The SMILES string of the molecule is CN(CCCCON)C[C@H]1O[C@@H](n2cnc3c(N)ncnc32)C(O)C1O.O=S(=O)(O)O. The molecule has 15 nitrogen and oxygen atoms in total. The Kier molecular flexibility index (Phi) is 8.98. The number of aliphatic hydroxyl groups is 2. The number of nitrogens with zero attached hydrogens (tertiary/aromatic N) is 5. The molecular weight excluding hydrogens is 438 g/mol. The van der Waals surface area contributed by atoms with Crippen LogP contribution in [-0.4, -0.2) is 97.2 Å². The van der Waals surface area contributed by atoms with Crippen LogP contribution in [0.15, 0.2) is 12.7 Å². The molecule has 0 amide bonds. The smallest absolute Gasteiger partial charge is 0.387 e. The number of rotatable bonds is 8. The van der Waals surface area contributed by atoms with Crippen molar-refractivity contribution in [1.29, 1.82) is 0 Å². The highest BCUT2D eigenvalue weighted by atomic mass is 32.3. The van der Waals surface area contributed by atoms with Crippen molar-refractivity contribution in [3.05, 3.63) is 12.7 Å². The molecule has 0 spiro atoms. The molecule has 1 aliphatic heterocycles. The highest BCUT2D eigenvalue weighted by Crippen LogP contribution is 2.32. The molecule has 0 radical (unpaired) electrons. The van der Waals surface area contributed by atoms with Crippen LogP contribution in [0.1, 0.15) is 19.1 Å². The van der Waals surface area contributed by atoms with Gasteiger partial charge >= 0.3 is 10.4 Å². The van der Waals surface area contributed by atoms with Gasteiger partial charge in [0.05, 0.1) is 12.9 Å². The van der Waals surface area contributed by atoms with Crippen molar-refractivity contribution in [2.45, 2.75) is 37.4 Å². The summed E-state index contributed by atoms with van der Waals surface area (Å²) in [5.41, 5.74) is 6.67. The third-order valence-corrected chi connectivity index (χ3v) is 4.54. The predicted molar refractivity (Wildman–Crippen MR) is 107 cm³/mol. The Bertz CT molecular complexity index is 935. The van der Waals surface area contributed by atoms with E-state index in [1.165, 1.54) is 12.7 Å². The molecule has 0 aromatic carbocycles. The fourth-order valence-corrected chi connectivity index (χ4v) is 3.13. The lowest BCUT2D eigenvalue weighted by molar-refractivity contribution is -0.0423. The van der Waals surface area contributed by atoms with Gasteiger partial charge in [0.2, 0.25) is 0 Å². The molecule has 3 rings (SSSR count). The van der Waals surface area contributed by atoms with Gasteiger partial charge in [-0.2, -0.15) is 8.42 Å². The van der Waals surface area contributed by atoms with Gasteiger partial charge in [-0.05, 0) is 26.4 Å². The average molecular weight is 465 g/mol. The first kappa shape index (κ1) is 25.2. The number of imidazole rings is 1. The Morgan fingerprint density at radius 1 is 1.23 bits per heavy atom. The lowest BCUT2D eigenvalue weighted by Gasteiger charge is -2.22. The number of ether oxygens (including phenoxy) is 1. The van der Waals surface area contributed by atoms with Gasteiger partial charge in [0.25, 0.3) is 0 Å². The van der Waals surface area contributed by atoms with Gasteiger partial charge in [-0.3, -0.25) is 13.7 Å². The Labute approximate surface area is 178 Å². The molecule has 2 aromatic rings. The van der Waals surface area contributed by atoms with Crippen molar-refractivity contribution in [2.75, 3.05) is 32.5 Å². The van der Waals surface area contributed by atoms with Crippen LogP contribution in [-0.2, 0) is 20.0 Å². The minimum atomic E-state index is -4.67. The van der Waals surface area contributed by atoms with Gasteiger partial charge in [0.15, 0.2) is 17.7 Å². The van der Waals surface area contributed by atoms with Crippen LogP contribution in [0.3, 0.4) is 0 Å². The summed E-state index contributed by atoms with van der Waals surface area (Å²) < 4.78 is 39.1. The molecule has 8 N–H and O–H groups in total. The highest BCUT2D eigenvalue weighted by Gasteiger charge is 2.44. The largest absolute Gasteiger partial charge is 0.394 e. The van der Waals surface area contributed by atoms with Crippen molar-refractivity contribution in [2.24, 2.45) is 5.90 Å². The zero-order valence-electron chi connectivity index (χ0n) is 16.7. The van der Waals surface area contributed by atoms with Crippen LogP contribution >= 0.6 is 0 Å². The van der Waals surface area contributed by atoms with E-state index in [9.17, 15) is 10.2 Å². The second kappa shape index (κ2) is 11.0. The normalized spacial score (nSPS) is 23.8. The summed E-state index contributed by atoms with van der Waals surface area (Å²) in [7, 11) is -2.74. The third kappa shape index (κ3) is 7.27. The van der Waals surface area contributed by atoms with Gasteiger partial charge in [0.1, 0.15) is 30.2 Å². The Hall–Kier alpha value is -2.02. The van der Waals surface area contributed by atoms with Gasteiger partial charge < -0.3 is 30.4 Å². The molecule has 0 saturated carbocycles. The third-order valence-electron chi connectivity index (χ3n) is 4.54. The Balaban J connectivity index is 0.000000614. The van der Waals surface area contributed by atoms with E-state index in [0.29, 0.717) is 24.3 Å². The van der Waals surface area contributed by atoms with E-state index in [1.807, 2.05) is 11.9 Å². The number of nitrogen functional groups attached to an aromatic ring is 1. The number of likely N-dealkylation sites (N-methyl/N-ethyl adjacent to an activating group) is 1. The van der Waals surface area contributed by atoms with Crippen LogP contribution in [0.2, 0.25) is 0 Å². The maximum absolute atomic E-state index is 10.4. The van der Waals surface area contributed by atoms with Crippen molar-refractivity contribution >= 4 is 27.4 Å². The van der Waals surface area contributed by atoms with Crippen molar-refractivity contribution in [1.82, 2.24) is 24.4 Å². The second-order valence-electron chi connectivity index (χ2n) is 6.92. The molecule has 3 heterocycles. The van der Waals surface area contributed by atoms with Gasteiger partial charge in [-0.15, -0.1) is 0 Å². The molecule has 2 aromatic heterocycles. The summed E-state index contributed by atoms with van der Waals surface area (Å²) in [6.45, 7) is 1.78. The predicted octanol–water partition coefficient (Wildman–Crippen LogP) is -2.02. The molecule has 1 fully saturated rings. The highest BCUT2D eigenvalue weighted by molar-refractivity contribution is 7.79. The van der Waals surface area contributed by atoms with Crippen LogP contribution in [0.25, 0.3) is 11.2 Å².